The van der Waals surface area contributed by atoms with Gasteiger partial charge in [-0.05, 0) is 12.8 Å². The fraction of sp³-hybridized carbons (Fsp3) is 0.714. The SMILES string of the molecule is CCC(CC)N(CCOC)c1nc(COC)c(C=O)s1. The van der Waals surface area contributed by atoms with Crippen molar-refractivity contribution in [1.82, 2.24) is 4.98 Å². The number of rotatable bonds is 10. The van der Waals surface area contributed by atoms with Crippen LogP contribution in [0, 0.1) is 0 Å². The van der Waals surface area contributed by atoms with E-state index in [0.717, 1.165) is 36.5 Å². The molecule has 0 amide bonds. The number of hydrogen-bond acceptors (Lipinski definition) is 6. The predicted octanol–water partition coefficient (Wildman–Crippen LogP) is 2.74. The molecule has 0 aliphatic heterocycles. The van der Waals surface area contributed by atoms with Crippen molar-refractivity contribution >= 4 is 22.8 Å². The number of thiazole rings is 1. The van der Waals surface area contributed by atoms with Gasteiger partial charge in [0.25, 0.3) is 0 Å². The highest BCUT2D eigenvalue weighted by molar-refractivity contribution is 7.17. The summed E-state index contributed by atoms with van der Waals surface area (Å²) in [7, 11) is 3.30. The van der Waals surface area contributed by atoms with E-state index in [9.17, 15) is 4.79 Å². The van der Waals surface area contributed by atoms with Crippen molar-refractivity contribution in [1.29, 1.82) is 0 Å². The number of aldehydes is 1. The Balaban J connectivity index is 3.02. The molecule has 0 N–H and O–H groups in total. The highest BCUT2D eigenvalue weighted by Gasteiger charge is 2.21. The Labute approximate surface area is 124 Å². The summed E-state index contributed by atoms with van der Waals surface area (Å²) in [4.78, 5) is 18.6. The third kappa shape index (κ3) is 4.26. The zero-order valence-corrected chi connectivity index (χ0v) is 13.5. The number of anilines is 1. The number of ether oxygens (including phenoxy) is 2. The first-order chi connectivity index (χ1) is 9.71. The second-order valence-corrected chi connectivity index (χ2v) is 5.52. The Morgan fingerprint density at radius 2 is 2.00 bits per heavy atom. The predicted molar refractivity (Wildman–Crippen MR) is 81.8 cm³/mol. The van der Waals surface area contributed by atoms with Gasteiger partial charge < -0.3 is 14.4 Å². The molecule has 0 saturated heterocycles. The largest absolute Gasteiger partial charge is 0.383 e. The van der Waals surface area contributed by atoms with Crippen LogP contribution < -0.4 is 4.90 Å². The Bertz CT molecular complexity index is 405. The van der Waals surface area contributed by atoms with Gasteiger partial charge >= 0.3 is 0 Å². The third-order valence-corrected chi connectivity index (χ3v) is 4.33. The summed E-state index contributed by atoms with van der Waals surface area (Å²) < 4.78 is 10.3. The van der Waals surface area contributed by atoms with Gasteiger partial charge in [-0.25, -0.2) is 4.98 Å². The summed E-state index contributed by atoms with van der Waals surface area (Å²) in [6, 6.07) is 0.409. The topological polar surface area (TPSA) is 51.7 Å². The molecule has 6 heteroatoms. The maximum Gasteiger partial charge on any atom is 0.186 e. The third-order valence-electron chi connectivity index (χ3n) is 3.27. The first kappa shape index (κ1) is 17.1. The lowest BCUT2D eigenvalue weighted by Crippen LogP contribution is -2.37. The molecule has 20 heavy (non-hydrogen) atoms. The molecule has 0 aromatic carbocycles. The summed E-state index contributed by atoms with van der Waals surface area (Å²) in [6.07, 6.45) is 2.93. The van der Waals surface area contributed by atoms with Gasteiger partial charge in [-0.2, -0.15) is 0 Å². The second-order valence-electron chi connectivity index (χ2n) is 4.51. The average molecular weight is 300 g/mol. The number of nitrogens with zero attached hydrogens (tertiary/aromatic N) is 2. The minimum Gasteiger partial charge on any atom is -0.383 e. The van der Waals surface area contributed by atoms with E-state index in [2.05, 4.69) is 23.7 Å². The number of methoxy groups -OCH3 is 2. The molecule has 0 atom stereocenters. The van der Waals surface area contributed by atoms with Crippen LogP contribution in [0.3, 0.4) is 0 Å². The standard InChI is InChI=1S/C14H24N2O3S/c1-5-11(6-2)16(7-8-18-3)14-15-12(10-19-4)13(9-17)20-14/h9,11H,5-8,10H2,1-4H3. The lowest BCUT2D eigenvalue weighted by Gasteiger charge is -2.29. The molecule has 0 spiro atoms. The van der Waals surface area contributed by atoms with Crippen molar-refractivity contribution in [2.24, 2.45) is 0 Å². The summed E-state index contributed by atoms with van der Waals surface area (Å²) >= 11 is 1.43. The van der Waals surface area contributed by atoms with Crippen molar-refractivity contribution in [3.8, 4) is 0 Å². The van der Waals surface area contributed by atoms with Crippen LogP contribution in [-0.2, 0) is 16.1 Å². The molecule has 1 aromatic heterocycles. The van der Waals surface area contributed by atoms with E-state index in [-0.39, 0.29) is 0 Å². The molecule has 1 rings (SSSR count). The number of hydrogen-bond donors (Lipinski definition) is 0. The van der Waals surface area contributed by atoms with E-state index in [1.807, 2.05) is 0 Å². The van der Waals surface area contributed by atoms with E-state index in [1.54, 1.807) is 14.2 Å². The van der Waals surface area contributed by atoms with E-state index in [0.29, 0.717) is 24.1 Å². The Kier molecular flexibility index (Phi) is 7.72. The zero-order chi connectivity index (χ0) is 15.0. The van der Waals surface area contributed by atoms with Gasteiger partial charge in [0.05, 0.1) is 23.8 Å². The molecule has 1 heterocycles. The smallest absolute Gasteiger partial charge is 0.186 e. The van der Waals surface area contributed by atoms with Crippen LogP contribution in [-0.4, -0.2) is 44.7 Å². The molecule has 0 saturated carbocycles. The highest BCUT2D eigenvalue weighted by atomic mass is 32.1. The van der Waals surface area contributed by atoms with Crippen molar-refractivity contribution in [3.63, 3.8) is 0 Å². The molecule has 1 aromatic rings. The van der Waals surface area contributed by atoms with Crippen LogP contribution in [0.25, 0.3) is 0 Å². The van der Waals surface area contributed by atoms with Crippen LogP contribution in [0.15, 0.2) is 0 Å². The molecule has 0 radical (unpaired) electrons. The maximum absolute atomic E-state index is 11.1. The maximum atomic E-state index is 11.1. The summed E-state index contributed by atoms with van der Waals surface area (Å²) in [6.45, 7) is 6.12. The molecule has 0 fully saturated rings. The van der Waals surface area contributed by atoms with E-state index < -0.39 is 0 Å². The lowest BCUT2D eigenvalue weighted by molar-refractivity contribution is 0.112. The Morgan fingerprint density at radius 1 is 1.30 bits per heavy atom. The van der Waals surface area contributed by atoms with Crippen LogP contribution in [0.5, 0.6) is 0 Å². The Hall–Kier alpha value is -0.980. The Morgan fingerprint density at radius 3 is 2.50 bits per heavy atom. The monoisotopic (exact) mass is 300 g/mol. The number of carbonyl (C=O) groups excluding carboxylic acids is 1. The fourth-order valence-corrected chi connectivity index (χ4v) is 3.14. The minimum absolute atomic E-state index is 0.367. The molecule has 0 aliphatic rings. The molecule has 0 aliphatic carbocycles. The van der Waals surface area contributed by atoms with Gasteiger partial charge in [0.2, 0.25) is 0 Å². The second kappa shape index (κ2) is 9.05. The van der Waals surface area contributed by atoms with Gasteiger partial charge in [-0.15, -0.1) is 0 Å². The normalized spacial score (nSPS) is 11.1. The number of carbonyl (C=O) groups is 1. The minimum atomic E-state index is 0.367. The molecular formula is C14H24N2O3S. The molecular weight excluding hydrogens is 276 g/mol. The van der Waals surface area contributed by atoms with Crippen molar-refractivity contribution in [3.05, 3.63) is 10.6 Å². The number of aromatic nitrogens is 1. The van der Waals surface area contributed by atoms with Crippen molar-refractivity contribution in [2.45, 2.75) is 39.3 Å². The highest BCUT2D eigenvalue weighted by Crippen LogP contribution is 2.28. The van der Waals surface area contributed by atoms with E-state index >= 15 is 0 Å². The van der Waals surface area contributed by atoms with Crippen molar-refractivity contribution in [2.75, 3.05) is 32.3 Å². The molecule has 0 unspecified atom stereocenters. The quantitative estimate of drug-likeness (QED) is 0.622. The average Bonchev–Trinajstić information content (AvgIpc) is 2.86. The zero-order valence-electron chi connectivity index (χ0n) is 12.7. The van der Waals surface area contributed by atoms with Crippen LogP contribution in [0.2, 0.25) is 0 Å². The fourth-order valence-electron chi connectivity index (χ4n) is 2.16. The van der Waals surface area contributed by atoms with Gasteiger partial charge in [-0.3, -0.25) is 4.79 Å². The van der Waals surface area contributed by atoms with Crippen LogP contribution in [0.4, 0.5) is 5.13 Å². The molecule has 5 nitrogen and oxygen atoms in total. The first-order valence-corrected chi connectivity index (χ1v) is 7.72. The summed E-state index contributed by atoms with van der Waals surface area (Å²) in [5.41, 5.74) is 0.718. The van der Waals surface area contributed by atoms with E-state index in [4.69, 9.17) is 9.47 Å². The van der Waals surface area contributed by atoms with Gasteiger partial charge in [-0.1, -0.05) is 25.2 Å². The summed E-state index contributed by atoms with van der Waals surface area (Å²) in [5, 5.41) is 0.880. The van der Waals surface area contributed by atoms with Gasteiger partial charge in [0.1, 0.15) is 0 Å². The van der Waals surface area contributed by atoms with Gasteiger partial charge in [0.15, 0.2) is 11.4 Å². The van der Waals surface area contributed by atoms with Gasteiger partial charge in [0, 0.05) is 26.8 Å². The lowest BCUT2D eigenvalue weighted by atomic mass is 10.1. The molecule has 0 bridgehead atoms. The summed E-state index contributed by atoms with van der Waals surface area (Å²) in [5.74, 6) is 0. The van der Waals surface area contributed by atoms with Crippen LogP contribution in [0.1, 0.15) is 42.1 Å². The molecule has 114 valence electrons. The first-order valence-electron chi connectivity index (χ1n) is 6.91. The van der Waals surface area contributed by atoms with E-state index in [1.165, 1.54) is 11.3 Å². The van der Waals surface area contributed by atoms with Crippen LogP contribution >= 0.6 is 11.3 Å². The van der Waals surface area contributed by atoms with Crippen molar-refractivity contribution < 1.29 is 14.3 Å².